The van der Waals surface area contributed by atoms with Crippen molar-refractivity contribution in [1.29, 1.82) is 0 Å². The summed E-state index contributed by atoms with van der Waals surface area (Å²) in [6.45, 7) is 4.41. The minimum absolute atomic E-state index is 0.183. The molecule has 8 aromatic rings. The number of rotatable bonds is 6. The van der Waals surface area contributed by atoms with Crippen LogP contribution >= 0.6 is 0 Å². The zero-order chi connectivity index (χ0) is 55.8. The molecule has 0 radical (unpaired) electrons. The first-order valence-corrected chi connectivity index (χ1v) is 21.1. The van der Waals surface area contributed by atoms with Gasteiger partial charge in [-0.1, -0.05) is 80.3 Å². The first kappa shape index (κ1) is 33.1. The van der Waals surface area contributed by atoms with Gasteiger partial charge in [-0.15, -0.1) is 0 Å². The molecule has 4 heterocycles. The van der Waals surface area contributed by atoms with Gasteiger partial charge in [0.2, 0.25) is 22.8 Å². The second-order valence-corrected chi connectivity index (χ2v) is 15.9. The van der Waals surface area contributed by atoms with Crippen LogP contribution in [0.15, 0.2) is 170 Å². The maximum atomic E-state index is 8.17. The van der Waals surface area contributed by atoms with Crippen molar-refractivity contribution >= 4 is 0 Å². The number of aryl methyl sites for hydroxylation is 11. The highest BCUT2D eigenvalue weighted by Gasteiger charge is 2.14. The summed E-state index contributed by atoms with van der Waals surface area (Å²) in [6, 6.07) is 46.3. The monoisotopic (exact) mass is 847 g/mol. The average molecular weight is 847 g/mol. The van der Waals surface area contributed by atoms with Gasteiger partial charge in [-0.3, -0.25) is 0 Å². The zero-order valence-corrected chi connectivity index (χ0v) is 38.5. The molecule has 0 bridgehead atoms. The molecule has 0 aliphatic rings. The number of nitrogens with zero attached hydrogens (tertiary/aromatic N) is 4. The fourth-order valence-corrected chi connectivity index (χ4v) is 7.39. The maximum absolute atomic E-state index is 8.17. The topological polar surface area (TPSA) is 15.5 Å². The van der Waals surface area contributed by atoms with Crippen molar-refractivity contribution in [3.63, 3.8) is 0 Å². The lowest BCUT2D eigenvalue weighted by Gasteiger charge is -2.09. The molecule has 0 aliphatic heterocycles. The summed E-state index contributed by atoms with van der Waals surface area (Å²) in [6.07, 6.45) is 5.61. The van der Waals surface area contributed by atoms with E-state index in [-0.39, 0.29) is 5.56 Å². The molecule has 4 aromatic carbocycles. The van der Waals surface area contributed by atoms with Gasteiger partial charge in [0, 0.05) is 87.2 Å². The molecule has 0 N–H and O–H groups in total. The molecule has 4 aromatic heterocycles. The largest absolute Gasteiger partial charge is 0.212 e. The fourth-order valence-electron chi connectivity index (χ4n) is 7.39. The molecule has 1 unspecified atom stereocenters. The molecule has 1 atom stereocenters. The van der Waals surface area contributed by atoms with Gasteiger partial charge in [-0.2, -0.15) is 0 Å². The Morgan fingerprint density at radius 2 is 0.905 bits per heavy atom. The lowest BCUT2D eigenvalue weighted by molar-refractivity contribution is -0.660. The van der Waals surface area contributed by atoms with Crippen LogP contribution < -0.4 is 18.3 Å². The van der Waals surface area contributed by atoms with Crippen LogP contribution in [0.4, 0.5) is 0 Å². The minimum Gasteiger partial charge on any atom is -0.201 e. The first-order chi connectivity index (χ1) is 34.9. The van der Waals surface area contributed by atoms with Gasteiger partial charge >= 0.3 is 0 Å². The first-order valence-electron chi connectivity index (χ1n) is 27.1. The summed E-state index contributed by atoms with van der Waals surface area (Å²) < 4.78 is 98.9. The lowest BCUT2D eigenvalue weighted by atomic mass is 9.96. The van der Waals surface area contributed by atoms with Crippen molar-refractivity contribution < 1.29 is 34.7 Å². The van der Waals surface area contributed by atoms with E-state index in [0.717, 1.165) is 50.5 Å². The van der Waals surface area contributed by atoms with E-state index in [9.17, 15) is 0 Å². The smallest absolute Gasteiger partial charge is 0.201 e. The van der Waals surface area contributed by atoms with Gasteiger partial charge in [-0.05, 0) is 136 Å². The Morgan fingerprint density at radius 3 is 1.33 bits per heavy atom. The Labute approximate surface area is 396 Å². The number of pyridine rings is 4. The predicted octanol–water partition coefficient (Wildman–Crippen LogP) is 12.2. The van der Waals surface area contributed by atoms with Crippen LogP contribution in [0.1, 0.15) is 87.5 Å². The van der Waals surface area contributed by atoms with E-state index < -0.39 is 32.8 Å². The Kier molecular flexibility index (Phi) is 11.8. The van der Waals surface area contributed by atoms with E-state index >= 15 is 0 Å². The van der Waals surface area contributed by atoms with Gasteiger partial charge in [0.05, 0.1) is 0 Å². The molecule has 0 spiro atoms. The third kappa shape index (κ3) is 12.8. The van der Waals surface area contributed by atoms with Crippen molar-refractivity contribution in [1.82, 2.24) is 0 Å². The van der Waals surface area contributed by atoms with Gasteiger partial charge in [-0.25, -0.2) is 18.3 Å². The van der Waals surface area contributed by atoms with Crippen molar-refractivity contribution in [2.24, 2.45) is 28.2 Å². The Morgan fingerprint density at radius 1 is 0.460 bits per heavy atom. The highest BCUT2D eigenvalue weighted by atomic mass is 14.9. The third-order valence-corrected chi connectivity index (χ3v) is 11.0. The lowest BCUT2D eigenvalue weighted by Crippen LogP contribution is -2.30. The fraction of sp³-hybridized carbons (Fsp3) is 0.254. The van der Waals surface area contributed by atoms with Crippen LogP contribution in [0.3, 0.4) is 0 Å². The summed E-state index contributed by atoms with van der Waals surface area (Å²) in [7, 11) is 7.97. The van der Waals surface area contributed by atoms with E-state index in [1.54, 1.807) is 36.4 Å². The number of hydrogen-bond acceptors (Lipinski definition) is 0. The van der Waals surface area contributed by atoms with Crippen LogP contribution in [-0.4, -0.2) is 0 Å². The van der Waals surface area contributed by atoms with E-state index in [4.69, 9.17) is 16.4 Å². The molecule has 0 fully saturated rings. The number of benzene rings is 4. The Hall–Kier alpha value is -6.52. The summed E-state index contributed by atoms with van der Waals surface area (Å²) in [5, 5.41) is 0. The van der Waals surface area contributed by atoms with Crippen LogP contribution in [0.25, 0.3) is 45.0 Å². The summed E-state index contributed by atoms with van der Waals surface area (Å²) in [5.74, 6) is -1.60. The molecule has 0 saturated heterocycles. The zero-order valence-electron chi connectivity index (χ0n) is 50.5. The van der Waals surface area contributed by atoms with E-state index in [1.165, 1.54) is 29.3 Å². The second kappa shape index (κ2) is 22.5. The van der Waals surface area contributed by atoms with Gasteiger partial charge in [0.1, 0.15) is 28.2 Å². The normalized spacial score (nSPS) is 15.1. The summed E-state index contributed by atoms with van der Waals surface area (Å²) in [4.78, 5) is 0. The summed E-state index contributed by atoms with van der Waals surface area (Å²) in [5.41, 5.74) is 15.3. The highest BCUT2D eigenvalue weighted by Crippen LogP contribution is 2.26. The number of aromatic nitrogens is 4. The van der Waals surface area contributed by atoms with Gasteiger partial charge in [0.25, 0.3) is 0 Å². The molecule has 0 saturated carbocycles. The maximum Gasteiger partial charge on any atom is 0.212 e. The van der Waals surface area contributed by atoms with Crippen LogP contribution in [0.2, 0.25) is 0 Å². The summed E-state index contributed by atoms with van der Waals surface area (Å²) >= 11 is 0. The Balaban J connectivity index is 0.000000186. The van der Waals surface area contributed by atoms with Crippen molar-refractivity contribution in [3.05, 3.63) is 215 Å². The van der Waals surface area contributed by atoms with Gasteiger partial charge < -0.3 is 0 Å². The van der Waals surface area contributed by atoms with Crippen LogP contribution in [-0.2, 0) is 34.6 Å². The highest BCUT2D eigenvalue weighted by molar-refractivity contribution is 5.64. The van der Waals surface area contributed by atoms with E-state index in [2.05, 4.69) is 68.1 Å². The van der Waals surface area contributed by atoms with Crippen molar-refractivity contribution in [2.45, 2.75) is 74.4 Å². The minimum atomic E-state index is -2.68. The molecular formula is C59H70N4+4. The second-order valence-electron chi connectivity index (χ2n) is 15.9. The van der Waals surface area contributed by atoms with Crippen molar-refractivity contribution in [2.75, 3.05) is 0 Å². The van der Waals surface area contributed by atoms with Crippen LogP contribution in [0, 0.1) is 41.5 Å². The molecule has 322 valence electrons. The molecule has 0 amide bonds. The molecular weight excluding hydrogens is 765 g/mol. The van der Waals surface area contributed by atoms with Gasteiger partial charge in [0.15, 0.2) is 24.8 Å². The molecule has 63 heavy (non-hydrogen) atoms. The van der Waals surface area contributed by atoms with Crippen molar-refractivity contribution in [3.8, 4) is 45.0 Å². The third-order valence-electron chi connectivity index (χ3n) is 11.0. The van der Waals surface area contributed by atoms with E-state index in [0.29, 0.717) is 11.1 Å². The number of hydrogen-bond donors (Lipinski definition) is 0. The Bertz CT molecular complexity index is 3130. The molecule has 0 aliphatic carbocycles. The van der Waals surface area contributed by atoms with Crippen LogP contribution in [0.5, 0.6) is 0 Å². The standard InChI is InChI=1S/C16H20N.C15H18N.2C14H16N/c1-12(2)14-8-9-15(13(3)11-14)16-7-5-6-10-17(16)4;1-4-13-8-9-14(12(2)11-13)15-7-5-6-10-16(15)3;1-11-7-8-13(12(2)10-11)14-6-4-5-9-15(14)3;1-11-7-8-12(2)13(10-11)14-6-4-5-9-15(14)3/h5-12H,1-4H3;5-11H,4H2,1-3H3;2*4-10H,1-3H3/q4*+1/i1D3,12D;1D3,4D2;1D3;. The molecule has 8 rings (SSSR count). The predicted molar refractivity (Wildman–Crippen MR) is 264 cm³/mol. The molecule has 4 heteroatoms. The average Bonchev–Trinajstić information content (AvgIpc) is 3.33. The quantitative estimate of drug-likeness (QED) is 0.148. The van der Waals surface area contributed by atoms with E-state index in [1.807, 2.05) is 147 Å². The SMILES string of the molecule is Cc1ccc(C)c(-c2cccc[n+]2C)c1.[2H]C([2H])([2H])C([2H])(C)c1ccc(-c2cccc[n+]2C)c(C)c1.[2H]C([2H])([2H])C([2H])([2H])c1ccc(-c2cccc[n+]2C)c(C)c1.[2H]C([2H])([2H])c1ccc(-c2cccc[n+]2C)c(C)c1. The molecule has 4 nitrogen and oxygen atoms in total.